The van der Waals surface area contributed by atoms with Crippen LogP contribution in [0.5, 0.6) is 0 Å². The maximum atomic E-state index is 11.8. The van der Waals surface area contributed by atoms with E-state index in [1.54, 1.807) is 18.4 Å². The number of carbonyl (C=O) groups excluding carboxylic acids is 1. The number of hydrogen-bond donors (Lipinski definition) is 2. The molecule has 0 atom stereocenters. The van der Waals surface area contributed by atoms with Gasteiger partial charge in [-0.25, -0.2) is 4.98 Å². The van der Waals surface area contributed by atoms with Gasteiger partial charge in [0, 0.05) is 0 Å². The van der Waals surface area contributed by atoms with E-state index in [-0.39, 0.29) is 5.75 Å². The standard InChI is InChI=1S/C14H17N3O3S/c1-8-5-4-6-9-11(8)16-13(21-7-10(18)19)17(9)14(2,3)12(15)20/h4-6H,7H2,1-3H3,(H2,15,20)(H,18,19). The van der Waals surface area contributed by atoms with E-state index >= 15 is 0 Å². The summed E-state index contributed by atoms with van der Waals surface area (Å²) in [6.45, 7) is 5.32. The molecule has 1 aromatic heterocycles. The molecule has 0 aliphatic rings. The van der Waals surface area contributed by atoms with E-state index in [4.69, 9.17) is 10.8 Å². The van der Waals surface area contributed by atoms with Crippen molar-refractivity contribution in [3.8, 4) is 0 Å². The van der Waals surface area contributed by atoms with Crippen molar-refractivity contribution in [3.05, 3.63) is 23.8 Å². The van der Waals surface area contributed by atoms with Crippen LogP contribution in [0.3, 0.4) is 0 Å². The molecule has 0 aliphatic heterocycles. The molecule has 2 rings (SSSR count). The molecule has 3 N–H and O–H groups in total. The number of nitrogens with zero attached hydrogens (tertiary/aromatic N) is 2. The number of nitrogens with two attached hydrogens (primary N) is 1. The molecule has 0 spiro atoms. The second-order valence-corrected chi connectivity index (χ2v) is 6.22. The number of benzene rings is 1. The fraction of sp³-hybridized carbons (Fsp3) is 0.357. The van der Waals surface area contributed by atoms with Crippen molar-refractivity contribution in [2.24, 2.45) is 5.73 Å². The molecule has 0 unspecified atom stereocenters. The molecule has 0 aliphatic carbocycles. The lowest BCUT2D eigenvalue weighted by Crippen LogP contribution is -2.41. The van der Waals surface area contributed by atoms with Crippen molar-refractivity contribution < 1.29 is 14.7 Å². The van der Waals surface area contributed by atoms with Gasteiger partial charge >= 0.3 is 5.97 Å². The molecule has 6 nitrogen and oxygen atoms in total. The minimum Gasteiger partial charge on any atom is -0.481 e. The average Bonchev–Trinajstić information content (AvgIpc) is 2.76. The third-order valence-electron chi connectivity index (χ3n) is 3.34. The Hall–Kier alpha value is -2.02. The molecule has 0 saturated heterocycles. The van der Waals surface area contributed by atoms with Crippen molar-refractivity contribution in [3.63, 3.8) is 0 Å². The smallest absolute Gasteiger partial charge is 0.313 e. The Morgan fingerprint density at radius 2 is 2.10 bits per heavy atom. The summed E-state index contributed by atoms with van der Waals surface area (Å²) in [4.78, 5) is 27.1. The number of primary amides is 1. The summed E-state index contributed by atoms with van der Waals surface area (Å²) >= 11 is 1.08. The normalized spacial score (nSPS) is 11.8. The zero-order valence-corrected chi connectivity index (χ0v) is 12.9. The van der Waals surface area contributed by atoms with Gasteiger partial charge in [0.1, 0.15) is 5.54 Å². The van der Waals surface area contributed by atoms with Gasteiger partial charge < -0.3 is 15.4 Å². The quantitative estimate of drug-likeness (QED) is 0.820. The summed E-state index contributed by atoms with van der Waals surface area (Å²) in [6.07, 6.45) is 0. The number of amides is 1. The maximum absolute atomic E-state index is 11.8. The number of aromatic nitrogens is 2. The Kier molecular flexibility index (Phi) is 3.95. The van der Waals surface area contributed by atoms with Crippen molar-refractivity contribution in [2.45, 2.75) is 31.5 Å². The fourth-order valence-electron chi connectivity index (χ4n) is 2.09. The number of aliphatic carboxylic acids is 1. The Morgan fingerprint density at radius 3 is 2.67 bits per heavy atom. The number of imidazole rings is 1. The summed E-state index contributed by atoms with van der Waals surface area (Å²) in [7, 11) is 0. The number of carbonyl (C=O) groups is 2. The van der Waals surface area contributed by atoms with Crippen LogP contribution >= 0.6 is 11.8 Å². The fourth-order valence-corrected chi connectivity index (χ4v) is 2.96. The summed E-state index contributed by atoms with van der Waals surface area (Å²) < 4.78 is 1.71. The molecular weight excluding hydrogens is 290 g/mol. The number of aryl methyl sites for hydroxylation is 1. The molecular formula is C14H17N3O3S. The van der Waals surface area contributed by atoms with Crippen LogP contribution in [0.2, 0.25) is 0 Å². The van der Waals surface area contributed by atoms with Gasteiger partial charge in [0.05, 0.1) is 16.8 Å². The van der Waals surface area contributed by atoms with E-state index in [0.717, 1.165) is 28.4 Å². The van der Waals surface area contributed by atoms with Crippen LogP contribution in [0.25, 0.3) is 11.0 Å². The Labute approximate surface area is 126 Å². The summed E-state index contributed by atoms with van der Waals surface area (Å²) in [5.74, 6) is -1.57. The van der Waals surface area contributed by atoms with Crippen LogP contribution in [0.4, 0.5) is 0 Å². The molecule has 0 saturated carbocycles. The summed E-state index contributed by atoms with van der Waals surface area (Å²) in [5.41, 5.74) is 6.99. The molecule has 1 amide bonds. The van der Waals surface area contributed by atoms with Crippen LogP contribution in [-0.2, 0) is 15.1 Å². The number of thioether (sulfide) groups is 1. The number of hydrogen-bond acceptors (Lipinski definition) is 4. The molecule has 0 fully saturated rings. The van der Waals surface area contributed by atoms with Crippen molar-refractivity contribution in [1.29, 1.82) is 0 Å². The average molecular weight is 307 g/mol. The summed E-state index contributed by atoms with van der Waals surface area (Å²) in [5, 5.41) is 9.33. The van der Waals surface area contributed by atoms with E-state index in [1.807, 2.05) is 25.1 Å². The Bertz CT molecular complexity index is 722. The number of carboxylic acids is 1. The largest absolute Gasteiger partial charge is 0.481 e. The molecule has 112 valence electrons. The zero-order chi connectivity index (χ0) is 15.8. The first kappa shape index (κ1) is 15.4. The van der Waals surface area contributed by atoms with Crippen LogP contribution < -0.4 is 5.73 Å². The van der Waals surface area contributed by atoms with E-state index < -0.39 is 17.4 Å². The van der Waals surface area contributed by atoms with Crippen LogP contribution in [0.15, 0.2) is 23.4 Å². The predicted octanol–water partition coefficient (Wildman–Crippen LogP) is 1.74. The van der Waals surface area contributed by atoms with Crippen LogP contribution in [0.1, 0.15) is 19.4 Å². The van der Waals surface area contributed by atoms with E-state index in [2.05, 4.69) is 4.98 Å². The lowest BCUT2D eigenvalue weighted by atomic mass is 10.0. The Morgan fingerprint density at radius 1 is 1.43 bits per heavy atom. The number of fused-ring (bicyclic) bond motifs is 1. The van der Waals surface area contributed by atoms with Gasteiger partial charge in [-0.3, -0.25) is 9.59 Å². The minimum atomic E-state index is -0.997. The van der Waals surface area contributed by atoms with Gasteiger partial charge in [0.25, 0.3) is 0 Å². The predicted molar refractivity (Wildman–Crippen MR) is 81.3 cm³/mol. The van der Waals surface area contributed by atoms with Crippen molar-refractivity contribution >= 4 is 34.7 Å². The lowest BCUT2D eigenvalue weighted by molar-refractivity contribution is -0.133. The van der Waals surface area contributed by atoms with Gasteiger partial charge in [-0.1, -0.05) is 23.9 Å². The highest BCUT2D eigenvalue weighted by atomic mass is 32.2. The topological polar surface area (TPSA) is 98.2 Å². The van der Waals surface area contributed by atoms with E-state index in [1.165, 1.54) is 0 Å². The van der Waals surface area contributed by atoms with Gasteiger partial charge in [-0.05, 0) is 32.4 Å². The molecule has 1 heterocycles. The maximum Gasteiger partial charge on any atom is 0.313 e. The highest BCUT2D eigenvalue weighted by molar-refractivity contribution is 7.99. The van der Waals surface area contributed by atoms with Gasteiger partial charge in [0.2, 0.25) is 5.91 Å². The first-order valence-corrected chi connectivity index (χ1v) is 7.36. The SMILES string of the molecule is Cc1cccc2c1nc(SCC(=O)O)n2C(C)(C)C(N)=O. The number of carboxylic acid groups (broad SMARTS) is 1. The van der Waals surface area contributed by atoms with Crippen LogP contribution in [-0.4, -0.2) is 32.3 Å². The van der Waals surface area contributed by atoms with E-state index in [0.29, 0.717) is 5.16 Å². The van der Waals surface area contributed by atoms with Gasteiger partial charge in [-0.15, -0.1) is 0 Å². The Balaban J connectivity index is 2.69. The van der Waals surface area contributed by atoms with Gasteiger partial charge in [0.15, 0.2) is 5.16 Å². The van der Waals surface area contributed by atoms with Gasteiger partial charge in [-0.2, -0.15) is 0 Å². The highest BCUT2D eigenvalue weighted by Gasteiger charge is 2.32. The first-order valence-electron chi connectivity index (χ1n) is 6.38. The van der Waals surface area contributed by atoms with Crippen molar-refractivity contribution in [1.82, 2.24) is 9.55 Å². The minimum absolute atomic E-state index is 0.128. The molecule has 21 heavy (non-hydrogen) atoms. The molecule has 7 heteroatoms. The lowest BCUT2D eigenvalue weighted by Gasteiger charge is -2.25. The molecule has 1 aromatic carbocycles. The zero-order valence-electron chi connectivity index (χ0n) is 12.1. The molecule has 0 radical (unpaired) electrons. The number of rotatable bonds is 5. The third-order valence-corrected chi connectivity index (χ3v) is 4.27. The molecule has 2 aromatic rings. The first-order chi connectivity index (χ1) is 9.75. The van der Waals surface area contributed by atoms with Crippen LogP contribution in [0, 0.1) is 6.92 Å². The van der Waals surface area contributed by atoms with E-state index in [9.17, 15) is 9.59 Å². The number of para-hydroxylation sites is 1. The highest BCUT2D eigenvalue weighted by Crippen LogP contribution is 2.32. The second kappa shape index (κ2) is 5.40. The summed E-state index contributed by atoms with van der Waals surface area (Å²) in [6, 6.07) is 5.64. The third kappa shape index (κ3) is 2.73. The second-order valence-electron chi connectivity index (χ2n) is 5.28. The monoisotopic (exact) mass is 307 g/mol. The molecule has 0 bridgehead atoms. The van der Waals surface area contributed by atoms with Crippen molar-refractivity contribution in [2.75, 3.05) is 5.75 Å².